The number of hydrogen-bond donors (Lipinski definition) is 1. The van der Waals surface area contributed by atoms with Gasteiger partial charge in [-0.3, -0.25) is 0 Å². The van der Waals surface area contributed by atoms with Gasteiger partial charge >= 0.3 is 0 Å². The van der Waals surface area contributed by atoms with Crippen LogP contribution in [0.1, 0.15) is 24.8 Å². The van der Waals surface area contributed by atoms with Crippen LogP contribution in [0.2, 0.25) is 0 Å². The lowest BCUT2D eigenvalue weighted by molar-refractivity contribution is -0.917. The van der Waals surface area contributed by atoms with Crippen LogP contribution in [0.25, 0.3) is 5.69 Å². The van der Waals surface area contributed by atoms with Crippen LogP contribution in [0, 0.1) is 4.77 Å². The summed E-state index contributed by atoms with van der Waals surface area (Å²) in [5, 5.41) is 8.52. The first kappa shape index (κ1) is 18.8. The second kappa shape index (κ2) is 8.67. The zero-order chi connectivity index (χ0) is 19.3. The molecule has 0 aliphatic carbocycles. The average molecular weight is 396 g/mol. The summed E-state index contributed by atoms with van der Waals surface area (Å²) in [6, 6.07) is 18.7. The Balaban J connectivity index is 1.48. The van der Waals surface area contributed by atoms with Gasteiger partial charge in [0.15, 0.2) is 6.67 Å². The van der Waals surface area contributed by atoms with Crippen LogP contribution in [0.4, 0.5) is 5.69 Å². The highest BCUT2D eigenvalue weighted by atomic mass is 32.1. The van der Waals surface area contributed by atoms with Crippen LogP contribution in [-0.4, -0.2) is 39.9 Å². The molecule has 0 saturated carbocycles. The van der Waals surface area contributed by atoms with E-state index in [0.717, 1.165) is 25.3 Å². The van der Waals surface area contributed by atoms with Gasteiger partial charge in [-0.15, -0.1) is 0 Å². The largest absolute Gasteiger partial charge is 0.371 e. The van der Waals surface area contributed by atoms with Crippen LogP contribution in [0.5, 0.6) is 0 Å². The lowest BCUT2D eigenvalue weighted by Crippen LogP contribution is -3.07. The molecular formula is C21H27N6S+. The summed E-state index contributed by atoms with van der Waals surface area (Å²) in [6.45, 7) is 3.92. The van der Waals surface area contributed by atoms with Crippen molar-refractivity contribution in [2.75, 3.05) is 25.0 Å². The standard InChI is InChI=1S/C21H26N6S/c1-24(16-18-10-6-7-13-20(18)25-14-8-3-9-15-25)17-26-21(28)27(23-22-26)19-11-4-2-5-12-19/h2,4-7,10-13H,3,8-9,14-17H2,1H3/p+1. The smallest absolute Gasteiger partial charge is 0.225 e. The van der Waals surface area contributed by atoms with Crippen molar-refractivity contribution in [1.82, 2.24) is 19.8 Å². The molecule has 0 spiro atoms. The molecule has 0 bridgehead atoms. The van der Waals surface area contributed by atoms with Crippen molar-refractivity contribution >= 4 is 17.9 Å². The summed E-state index contributed by atoms with van der Waals surface area (Å²) in [5.74, 6) is 0. The third kappa shape index (κ3) is 4.15. The maximum Gasteiger partial charge on any atom is 0.225 e. The lowest BCUT2D eigenvalue weighted by Gasteiger charge is -2.30. The van der Waals surface area contributed by atoms with Crippen molar-refractivity contribution in [1.29, 1.82) is 0 Å². The summed E-state index contributed by atoms with van der Waals surface area (Å²) < 4.78 is 4.14. The number of anilines is 1. The molecule has 0 radical (unpaired) electrons. The van der Waals surface area contributed by atoms with Crippen LogP contribution in [-0.2, 0) is 13.2 Å². The Hall–Kier alpha value is -2.51. The Morgan fingerprint density at radius 3 is 2.43 bits per heavy atom. The Morgan fingerprint density at radius 1 is 0.929 bits per heavy atom. The molecule has 1 aromatic heterocycles. The normalized spacial score (nSPS) is 15.5. The zero-order valence-corrected chi connectivity index (χ0v) is 17.1. The highest BCUT2D eigenvalue weighted by Crippen LogP contribution is 2.23. The Labute approximate surface area is 171 Å². The number of aromatic nitrogens is 4. The van der Waals surface area contributed by atoms with Gasteiger partial charge in [-0.2, -0.15) is 9.36 Å². The maximum absolute atomic E-state index is 5.60. The molecule has 2 heterocycles. The predicted molar refractivity (Wildman–Crippen MR) is 113 cm³/mol. The molecule has 1 N–H and O–H groups in total. The van der Waals surface area contributed by atoms with Crippen molar-refractivity contribution in [3.05, 3.63) is 64.9 Å². The minimum absolute atomic E-state index is 0.620. The van der Waals surface area contributed by atoms with Gasteiger partial charge in [0.1, 0.15) is 6.54 Å². The van der Waals surface area contributed by atoms with E-state index in [9.17, 15) is 0 Å². The van der Waals surface area contributed by atoms with Gasteiger partial charge in [0.05, 0.1) is 12.7 Å². The van der Waals surface area contributed by atoms with E-state index < -0.39 is 0 Å². The third-order valence-corrected chi connectivity index (χ3v) is 5.62. The monoisotopic (exact) mass is 395 g/mol. The van der Waals surface area contributed by atoms with E-state index >= 15 is 0 Å². The molecule has 7 heteroatoms. The number of tetrazole rings is 1. The van der Waals surface area contributed by atoms with Gasteiger partial charge in [0, 0.05) is 24.3 Å². The van der Waals surface area contributed by atoms with E-state index in [1.54, 1.807) is 9.36 Å². The van der Waals surface area contributed by atoms with Crippen LogP contribution < -0.4 is 9.80 Å². The Kier molecular flexibility index (Phi) is 5.83. The van der Waals surface area contributed by atoms with E-state index in [0.29, 0.717) is 11.4 Å². The molecule has 1 fully saturated rings. The number of para-hydroxylation sites is 2. The Morgan fingerprint density at radius 2 is 1.64 bits per heavy atom. The van der Waals surface area contributed by atoms with Crippen molar-refractivity contribution in [2.24, 2.45) is 0 Å². The number of nitrogens with zero attached hydrogens (tertiary/aromatic N) is 5. The first-order valence-corrected chi connectivity index (χ1v) is 10.4. The van der Waals surface area contributed by atoms with Crippen molar-refractivity contribution in [3.63, 3.8) is 0 Å². The fourth-order valence-corrected chi connectivity index (χ4v) is 4.09. The summed E-state index contributed by atoms with van der Waals surface area (Å²) >= 11 is 5.60. The second-order valence-electron chi connectivity index (χ2n) is 7.48. The van der Waals surface area contributed by atoms with Crippen LogP contribution >= 0.6 is 12.2 Å². The molecule has 1 atom stereocenters. The Bertz CT molecular complexity index is 958. The summed E-state index contributed by atoms with van der Waals surface area (Å²) in [6.07, 6.45) is 3.92. The van der Waals surface area contributed by atoms with Gasteiger partial charge in [-0.05, 0) is 60.1 Å². The van der Waals surface area contributed by atoms with Gasteiger partial charge in [-0.1, -0.05) is 36.4 Å². The SMILES string of the molecule is C[NH+](Cc1ccccc1N1CCCCC1)Cn1nnn(-c2ccccc2)c1=S. The third-order valence-electron chi connectivity index (χ3n) is 5.24. The number of piperidine rings is 1. The highest BCUT2D eigenvalue weighted by molar-refractivity contribution is 7.71. The van der Waals surface area contributed by atoms with Crippen LogP contribution in [0.3, 0.4) is 0 Å². The highest BCUT2D eigenvalue weighted by Gasteiger charge is 2.17. The summed E-state index contributed by atoms with van der Waals surface area (Å²) in [5.41, 5.74) is 3.69. The summed E-state index contributed by atoms with van der Waals surface area (Å²) in [7, 11) is 2.18. The summed E-state index contributed by atoms with van der Waals surface area (Å²) in [4.78, 5) is 3.85. The fraction of sp³-hybridized carbons (Fsp3) is 0.381. The fourth-order valence-electron chi connectivity index (χ4n) is 3.84. The van der Waals surface area contributed by atoms with Crippen molar-refractivity contribution < 1.29 is 4.90 Å². The molecule has 3 aromatic rings. The molecule has 2 aromatic carbocycles. The van der Waals surface area contributed by atoms with Crippen LogP contribution in [0.15, 0.2) is 54.6 Å². The topological polar surface area (TPSA) is 43.3 Å². The van der Waals surface area contributed by atoms with Gasteiger partial charge in [0.25, 0.3) is 0 Å². The predicted octanol–water partition coefficient (Wildman–Crippen LogP) is 2.46. The van der Waals surface area contributed by atoms with Gasteiger partial charge < -0.3 is 9.80 Å². The molecule has 0 amide bonds. The zero-order valence-electron chi connectivity index (χ0n) is 16.3. The van der Waals surface area contributed by atoms with Gasteiger partial charge in [-0.25, -0.2) is 0 Å². The molecule has 6 nitrogen and oxygen atoms in total. The molecule has 4 rings (SSSR count). The minimum atomic E-state index is 0.620. The number of rotatable bonds is 6. The van der Waals surface area contributed by atoms with E-state index in [1.807, 2.05) is 30.3 Å². The van der Waals surface area contributed by atoms with E-state index in [1.165, 1.54) is 35.4 Å². The molecule has 28 heavy (non-hydrogen) atoms. The number of nitrogens with one attached hydrogen (secondary N) is 1. The lowest BCUT2D eigenvalue weighted by atomic mass is 10.1. The molecule has 1 aliphatic rings. The minimum Gasteiger partial charge on any atom is -0.371 e. The first-order chi connectivity index (χ1) is 13.7. The van der Waals surface area contributed by atoms with Crippen molar-refractivity contribution in [3.8, 4) is 5.69 Å². The molecule has 1 unspecified atom stereocenters. The quantitative estimate of drug-likeness (QED) is 0.651. The van der Waals surface area contributed by atoms with Gasteiger partial charge in [0.2, 0.25) is 4.77 Å². The second-order valence-corrected chi connectivity index (χ2v) is 7.84. The van der Waals surface area contributed by atoms with E-state index in [4.69, 9.17) is 12.2 Å². The molecular weight excluding hydrogens is 368 g/mol. The van der Waals surface area contributed by atoms with E-state index in [-0.39, 0.29) is 0 Å². The average Bonchev–Trinajstić information content (AvgIpc) is 3.10. The molecule has 1 saturated heterocycles. The maximum atomic E-state index is 5.60. The number of quaternary nitrogens is 1. The molecule has 1 aliphatic heterocycles. The molecule has 146 valence electrons. The van der Waals surface area contributed by atoms with E-state index in [2.05, 4.69) is 46.6 Å². The number of hydrogen-bond acceptors (Lipinski definition) is 4. The number of benzene rings is 2. The van der Waals surface area contributed by atoms with Crippen molar-refractivity contribution in [2.45, 2.75) is 32.5 Å². The first-order valence-electron chi connectivity index (χ1n) is 9.95.